The van der Waals surface area contributed by atoms with E-state index in [1.807, 2.05) is 36.5 Å². The van der Waals surface area contributed by atoms with Gasteiger partial charge in [-0.3, -0.25) is 4.79 Å². The van der Waals surface area contributed by atoms with Crippen LogP contribution < -0.4 is 15.8 Å². The number of para-hydroxylation sites is 1. The zero-order valence-electron chi connectivity index (χ0n) is 18.8. The predicted octanol–water partition coefficient (Wildman–Crippen LogP) is 3.31. The number of fused-ring (bicyclic) bond motifs is 2. The van der Waals surface area contributed by atoms with Crippen molar-refractivity contribution in [2.45, 2.75) is 44.6 Å². The number of nitrogens with two attached hydrogens (primary N) is 1. The van der Waals surface area contributed by atoms with E-state index in [1.54, 1.807) is 6.07 Å². The molecule has 1 unspecified atom stereocenters. The van der Waals surface area contributed by atoms with E-state index in [9.17, 15) is 9.90 Å². The Hall–Kier alpha value is -3.27. The molecule has 0 aliphatic carbocycles. The molecule has 172 valence electrons. The summed E-state index contributed by atoms with van der Waals surface area (Å²) in [6, 6.07) is 11.4. The van der Waals surface area contributed by atoms with Crippen molar-refractivity contribution in [3.8, 4) is 17.6 Å². The number of hydrogen-bond donors (Lipinski definition) is 4. The molecule has 2 aromatic carbocycles. The number of aromatic nitrogens is 1. The molecule has 33 heavy (non-hydrogen) atoms. The molecule has 1 aliphatic heterocycles. The lowest BCUT2D eigenvalue weighted by molar-refractivity contribution is 0.0912. The van der Waals surface area contributed by atoms with Crippen molar-refractivity contribution < 1.29 is 14.6 Å². The van der Waals surface area contributed by atoms with Crippen molar-refractivity contribution in [3.63, 3.8) is 0 Å². The third-order valence-electron chi connectivity index (χ3n) is 5.93. The Bertz CT molecular complexity index is 1170. The Morgan fingerprint density at radius 1 is 1.27 bits per heavy atom. The highest BCUT2D eigenvalue weighted by atomic mass is 16.5. The second-order valence-corrected chi connectivity index (χ2v) is 8.43. The van der Waals surface area contributed by atoms with Crippen LogP contribution in [0.2, 0.25) is 0 Å². The van der Waals surface area contributed by atoms with Gasteiger partial charge in [-0.2, -0.15) is 0 Å². The minimum Gasteiger partial charge on any atom is -0.492 e. The summed E-state index contributed by atoms with van der Waals surface area (Å²) >= 11 is 0. The first-order chi connectivity index (χ1) is 16.2. The fourth-order valence-corrected chi connectivity index (χ4v) is 4.22. The fraction of sp³-hybridized carbons (Fsp3) is 0.370. The average molecular weight is 446 g/mol. The molecule has 0 fully saturated rings. The number of aryl methyl sites for hydroxylation is 1. The summed E-state index contributed by atoms with van der Waals surface area (Å²) in [5.41, 5.74) is 9.95. The number of carbonyl (C=O) groups is 1. The topological polar surface area (TPSA) is 100 Å². The van der Waals surface area contributed by atoms with Gasteiger partial charge in [-0.1, -0.05) is 30.0 Å². The van der Waals surface area contributed by atoms with Crippen molar-refractivity contribution in [3.05, 3.63) is 64.8 Å². The molecule has 0 saturated heterocycles. The molecular formula is C27H31N3O3. The first-order valence-corrected chi connectivity index (χ1v) is 11.6. The van der Waals surface area contributed by atoms with Gasteiger partial charge in [0.2, 0.25) is 0 Å². The van der Waals surface area contributed by atoms with Crippen LogP contribution in [0.4, 0.5) is 0 Å². The summed E-state index contributed by atoms with van der Waals surface area (Å²) < 4.78 is 5.98. The zero-order chi connectivity index (χ0) is 23.0. The lowest BCUT2D eigenvalue weighted by atomic mass is 9.99. The van der Waals surface area contributed by atoms with Gasteiger partial charge in [-0.15, -0.1) is 0 Å². The number of aliphatic hydroxyl groups is 1. The molecule has 1 atom stereocenters. The highest BCUT2D eigenvalue weighted by Crippen LogP contribution is 2.30. The maximum atomic E-state index is 13.3. The minimum absolute atomic E-state index is 0.160. The summed E-state index contributed by atoms with van der Waals surface area (Å²) in [5.74, 6) is 6.71. The number of aromatic amines is 1. The number of hydrogen-bond acceptors (Lipinski definition) is 4. The van der Waals surface area contributed by atoms with Crippen LogP contribution in [0.1, 0.15) is 52.7 Å². The molecule has 0 saturated carbocycles. The minimum atomic E-state index is -0.419. The Kier molecular flexibility index (Phi) is 7.66. The largest absolute Gasteiger partial charge is 0.492 e. The molecular weight excluding hydrogens is 414 g/mol. The van der Waals surface area contributed by atoms with E-state index >= 15 is 0 Å². The summed E-state index contributed by atoms with van der Waals surface area (Å²) in [7, 11) is 0. The van der Waals surface area contributed by atoms with Gasteiger partial charge >= 0.3 is 0 Å². The second kappa shape index (κ2) is 11.0. The molecule has 6 nitrogen and oxygen atoms in total. The van der Waals surface area contributed by atoms with Crippen LogP contribution >= 0.6 is 0 Å². The number of nitrogens with one attached hydrogen (secondary N) is 2. The lowest BCUT2D eigenvalue weighted by Crippen LogP contribution is -2.39. The van der Waals surface area contributed by atoms with Crippen LogP contribution in [0.3, 0.4) is 0 Å². The number of aliphatic hydroxyl groups excluding tert-OH is 1. The third-order valence-corrected chi connectivity index (χ3v) is 5.93. The van der Waals surface area contributed by atoms with Crippen molar-refractivity contribution in [2.24, 2.45) is 5.73 Å². The number of rotatable bonds is 7. The maximum Gasteiger partial charge on any atom is 0.255 e. The van der Waals surface area contributed by atoms with Crippen LogP contribution in [0.5, 0.6) is 5.75 Å². The van der Waals surface area contributed by atoms with Gasteiger partial charge in [0.05, 0.1) is 24.8 Å². The van der Waals surface area contributed by atoms with Gasteiger partial charge in [0.15, 0.2) is 0 Å². The van der Waals surface area contributed by atoms with Crippen molar-refractivity contribution in [1.29, 1.82) is 0 Å². The standard InChI is InChI=1S/C27H31N3O3/c28-12-6-1-2-8-19-14-20-9-5-7-13-33-26(20)24(15-19)27(32)30-22(18-31)16-21-17-29-25-11-4-3-10-23(21)25/h3-4,10-11,14-15,17,22,29,31H,1,5-7,9,12-13,16,18,28H2,(H,30,32). The smallest absolute Gasteiger partial charge is 0.255 e. The maximum absolute atomic E-state index is 13.3. The normalized spacial score (nSPS) is 13.9. The summed E-state index contributed by atoms with van der Waals surface area (Å²) in [6.45, 7) is 1.04. The number of ether oxygens (including phenoxy) is 1. The molecule has 4 rings (SSSR count). The first kappa shape index (κ1) is 22.9. The van der Waals surface area contributed by atoms with Crippen LogP contribution in [0.15, 0.2) is 42.6 Å². The van der Waals surface area contributed by atoms with Crippen LogP contribution in [0.25, 0.3) is 10.9 Å². The molecule has 0 bridgehead atoms. The average Bonchev–Trinajstić information content (AvgIpc) is 3.08. The highest BCUT2D eigenvalue weighted by molar-refractivity contribution is 5.98. The van der Waals surface area contributed by atoms with E-state index in [-0.39, 0.29) is 12.5 Å². The van der Waals surface area contributed by atoms with E-state index in [1.165, 1.54) is 0 Å². The summed E-state index contributed by atoms with van der Waals surface area (Å²) in [6.07, 6.45) is 6.85. The van der Waals surface area contributed by atoms with Gasteiger partial charge in [0.1, 0.15) is 5.75 Å². The Balaban J connectivity index is 1.57. The van der Waals surface area contributed by atoms with Crippen molar-refractivity contribution >= 4 is 16.8 Å². The highest BCUT2D eigenvalue weighted by Gasteiger charge is 2.22. The van der Waals surface area contributed by atoms with Gasteiger partial charge < -0.3 is 25.9 Å². The Morgan fingerprint density at radius 3 is 3.00 bits per heavy atom. The monoisotopic (exact) mass is 445 g/mol. The third kappa shape index (κ3) is 5.57. The molecule has 2 heterocycles. The van der Waals surface area contributed by atoms with Gasteiger partial charge in [-0.25, -0.2) is 0 Å². The van der Waals surface area contributed by atoms with Crippen LogP contribution in [-0.4, -0.2) is 41.8 Å². The second-order valence-electron chi connectivity index (χ2n) is 8.43. The van der Waals surface area contributed by atoms with Crippen molar-refractivity contribution in [1.82, 2.24) is 10.3 Å². The SMILES string of the molecule is NCCCC#Cc1cc2c(c(C(=O)NC(CO)Cc3c[nH]c4ccccc34)c1)OCCCC2. The molecule has 6 heteroatoms. The Morgan fingerprint density at radius 2 is 2.15 bits per heavy atom. The number of amides is 1. The number of benzene rings is 2. The van der Waals surface area contributed by atoms with Gasteiger partial charge in [0.25, 0.3) is 5.91 Å². The molecule has 0 radical (unpaired) electrons. The molecule has 1 aromatic heterocycles. The summed E-state index contributed by atoms with van der Waals surface area (Å²) in [4.78, 5) is 16.6. The van der Waals surface area contributed by atoms with Crippen LogP contribution in [0, 0.1) is 11.8 Å². The van der Waals surface area contributed by atoms with E-state index in [0.717, 1.165) is 59.7 Å². The molecule has 5 N–H and O–H groups in total. The van der Waals surface area contributed by atoms with E-state index in [4.69, 9.17) is 10.5 Å². The quantitative estimate of drug-likeness (QED) is 0.331. The lowest BCUT2D eigenvalue weighted by Gasteiger charge is -2.19. The van der Waals surface area contributed by atoms with Crippen molar-refractivity contribution in [2.75, 3.05) is 19.8 Å². The van der Waals surface area contributed by atoms with E-state index in [2.05, 4.69) is 22.1 Å². The number of carbonyl (C=O) groups excluding carboxylic acids is 1. The molecule has 1 aliphatic rings. The van der Waals surface area contributed by atoms with E-state index < -0.39 is 6.04 Å². The van der Waals surface area contributed by atoms with Crippen LogP contribution in [-0.2, 0) is 12.8 Å². The zero-order valence-corrected chi connectivity index (χ0v) is 18.8. The number of H-pyrrole nitrogens is 1. The van der Waals surface area contributed by atoms with Gasteiger partial charge in [0, 0.05) is 29.1 Å². The molecule has 0 spiro atoms. The summed E-state index contributed by atoms with van der Waals surface area (Å²) in [5, 5.41) is 14.1. The fourth-order valence-electron chi connectivity index (χ4n) is 4.22. The van der Waals surface area contributed by atoms with Gasteiger partial charge in [-0.05, 0) is 68.0 Å². The van der Waals surface area contributed by atoms with E-state index in [0.29, 0.717) is 30.9 Å². The molecule has 1 amide bonds. The molecule has 3 aromatic rings. The Labute approximate surface area is 194 Å². The predicted molar refractivity (Wildman–Crippen MR) is 130 cm³/mol. The first-order valence-electron chi connectivity index (χ1n) is 11.6. The number of unbranched alkanes of at least 4 members (excludes halogenated alkanes) is 1.